The van der Waals surface area contributed by atoms with E-state index in [1.165, 1.54) is 21.6 Å². The van der Waals surface area contributed by atoms with E-state index < -0.39 is 0 Å². The van der Waals surface area contributed by atoms with Crippen LogP contribution in [0, 0.1) is 6.92 Å². The number of ether oxygens (including phenoxy) is 1. The molecule has 2 aromatic rings. The van der Waals surface area contributed by atoms with Crippen LogP contribution in [-0.2, 0) is 17.8 Å². The summed E-state index contributed by atoms with van der Waals surface area (Å²) >= 11 is 7.60. The fourth-order valence-electron chi connectivity index (χ4n) is 3.59. The lowest BCUT2D eigenvalue weighted by Gasteiger charge is -2.31. The Balaban J connectivity index is 1.81. The van der Waals surface area contributed by atoms with Crippen LogP contribution in [0.5, 0.6) is 5.75 Å². The molecule has 0 N–H and O–H groups in total. The van der Waals surface area contributed by atoms with Crippen LogP contribution in [-0.4, -0.2) is 30.3 Å². The third-order valence-electron chi connectivity index (χ3n) is 5.02. The summed E-state index contributed by atoms with van der Waals surface area (Å²) in [6.07, 6.45) is 3.33. The first-order chi connectivity index (χ1) is 12.1. The maximum absolute atomic E-state index is 12.4. The van der Waals surface area contributed by atoms with Gasteiger partial charge in [-0.15, -0.1) is 22.9 Å². The molecule has 3 rings (SSSR count). The van der Waals surface area contributed by atoms with Crippen LogP contribution in [0.25, 0.3) is 0 Å². The summed E-state index contributed by atoms with van der Waals surface area (Å²) in [5, 5.41) is 2.08. The number of carbonyl (C=O) groups excluding carboxylic acids is 1. The average Bonchev–Trinajstić information content (AvgIpc) is 3.04. The van der Waals surface area contributed by atoms with Crippen molar-refractivity contribution in [3.8, 4) is 5.75 Å². The molecule has 1 atom stereocenters. The van der Waals surface area contributed by atoms with Gasteiger partial charge in [-0.25, -0.2) is 0 Å². The van der Waals surface area contributed by atoms with E-state index in [-0.39, 0.29) is 11.8 Å². The van der Waals surface area contributed by atoms with Gasteiger partial charge in [-0.1, -0.05) is 6.07 Å². The monoisotopic (exact) mass is 377 g/mol. The topological polar surface area (TPSA) is 29.5 Å². The van der Waals surface area contributed by atoms with Crippen molar-refractivity contribution in [2.24, 2.45) is 0 Å². The summed E-state index contributed by atoms with van der Waals surface area (Å²) in [5.41, 5.74) is 3.91. The highest BCUT2D eigenvalue weighted by Crippen LogP contribution is 2.34. The maximum atomic E-state index is 12.4. The van der Waals surface area contributed by atoms with E-state index in [9.17, 15) is 4.79 Å². The molecule has 1 aliphatic rings. The Morgan fingerprint density at radius 1 is 1.40 bits per heavy atom. The zero-order valence-corrected chi connectivity index (χ0v) is 16.3. The first-order valence-corrected chi connectivity index (χ1v) is 10.1. The number of nitrogens with zero attached hydrogens (tertiary/aromatic N) is 1. The summed E-state index contributed by atoms with van der Waals surface area (Å²) in [5.74, 6) is 1.31. The number of rotatable bonds is 6. The molecule has 1 unspecified atom stereocenters. The molecular weight excluding hydrogens is 354 g/mol. The second kappa shape index (κ2) is 8.24. The number of benzene rings is 1. The van der Waals surface area contributed by atoms with Crippen LogP contribution in [0.15, 0.2) is 29.6 Å². The zero-order valence-electron chi connectivity index (χ0n) is 14.8. The Bertz CT molecular complexity index is 743. The minimum Gasteiger partial charge on any atom is -0.497 e. The molecule has 5 heteroatoms. The van der Waals surface area contributed by atoms with Crippen LogP contribution in [0.2, 0.25) is 0 Å². The zero-order chi connectivity index (χ0) is 17.8. The highest BCUT2D eigenvalue weighted by atomic mass is 35.5. The normalized spacial score (nSPS) is 16.4. The van der Waals surface area contributed by atoms with Crippen LogP contribution in [0.4, 0.5) is 0 Å². The molecule has 1 aromatic carbocycles. The second-order valence-corrected chi connectivity index (χ2v) is 7.95. The molecular formula is C20H24ClNO2S. The molecule has 1 amide bonds. The number of thiophene rings is 1. The van der Waals surface area contributed by atoms with Gasteiger partial charge in [0.2, 0.25) is 5.91 Å². The largest absolute Gasteiger partial charge is 0.497 e. The minimum absolute atomic E-state index is 0.00732. The highest BCUT2D eigenvalue weighted by molar-refractivity contribution is 7.10. The molecule has 0 aliphatic heterocycles. The molecule has 1 heterocycles. The van der Waals surface area contributed by atoms with E-state index >= 15 is 0 Å². The number of methoxy groups -OCH3 is 1. The van der Waals surface area contributed by atoms with Crippen molar-refractivity contribution in [2.75, 3.05) is 19.5 Å². The fourth-order valence-corrected chi connectivity index (χ4v) is 4.48. The van der Waals surface area contributed by atoms with Crippen molar-refractivity contribution in [1.29, 1.82) is 0 Å². The van der Waals surface area contributed by atoms with Gasteiger partial charge in [-0.2, -0.15) is 0 Å². The van der Waals surface area contributed by atoms with Gasteiger partial charge >= 0.3 is 0 Å². The first-order valence-electron chi connectivity index (χ1n) is 8.66. The van der Waals surface area contributed by atoms with Gasteiger partial charge in [-0.05, 0) is 66.5 Å². The molecule has 0 spiro atoms. The molecule has 3 nitrogen and oxygen atoms in total. The summed E-state index contributed by atoms with van der Waals surface area (Å²) < 4.78 is 5.35. The Kier molecular flexibility index (Phi) is 6.02. The molecule has 1 aromatic heterocycles. The molecule has 0 bridgehead atoms. The summed E-state index contributed by atoms with van der Waals surface area (Å²) in [6.45, 7) is 3.47. The third-order valence-corrected chi connectivity index (χ3v) is 6.14. The quantitative estimate of drug-likeness (QED) is 0.679. The SMILES string of the molecule is COc1ccc2c(c1)CCCC2CN(Cc1ccsc1C)C(=O)CCl. The minimum atomic E-state index is 0.00732. The van der Waals surface area contributed by atoms with Crippen LogP contribution in [0.1, 0.15) is 40.3 Å². The molecule has 0 fully saturated rings. The van der Waals surface area contributed by atoms with Gasteiger partial charge in [-0.3, -0.25) is 4.79 Å². The van der Waals surface area contributed by atoms with E-state index in [1.54, 1.807) is 18.4 Å². The van der Waals surface area contributed by atoms with E-state index in [1.807, 2.05) is 11.0 Å². The van der Waals surface area contributed by atoms with E-state index in [4.69, 9.17) is 16.3 Å². The van der Waals surface area contributed by atoms with Crippen molar-refractivity contribution in [3.05, 3.63) is 51.2 Å². The van der Waals surface area contributed by atoms with Crippen molar-refractivity contribution < 1.29 is 9.53 Å². The summed E-state index contributed by atoms with van der Waals surface area (Å²) in [7, 11) is 1.70. The number of fused-ring (bicyclic) bond motifs is 1. The van der Waals surface area contributed by atoms with Crippen molar-refractivity contribution >= 4 is 28.8 Å². The predicted octanol–water partition coefficient (Wildman–Crippen LogP) is 4.75. The lowest BCUT2D eigenvalue weighted by molar-refractivity contribution is -0.129. The number of alkyl halides is 1. The number of amides is 1. The van der Waals surface area contributed by atoms with Gasteiger partial charge in [0.15, 0.2) is 0 Å². The predicted molar refractivity (Wildman–Crippen MR) is 104 cm³/mol. The molecule has 134 valence electrons. The Labute approximate surface area is 158 Å². The second-order valence-electron chi connectivity index (χ2n) is 6.56. The van der Waals surface area contributed by atoms with Gasteiger partial charge in [0, 0.05) is 23.9 Å². The van der Waals surface area contributed by atoms with Gasteiger partial charge in [0.1, 0.15) is 11.6 Å². The molecule has 0 radical (unpaired) electrons. The first kappa shape index (κ1) is 18.3. The van der Waals surface area contributed by atoms with Crippen LogP contribution in [0.3, 0.4) is 0 Å². The number of halogens is 1. The van der Waals surface area contributed by atoms with Crippen LogP contribution < -0.4 is 4.74 Å². The summed E-state index contributed by atoms with van der Waals surface area (Å²) in [6, 6.07) is 8.43. The maximum Gasteiger partial charge on any atom is 0.237 e. The Morgan fingerprint density at radius 2 is 2.24 bits per heavy atom. The number of aryl methyl sites for hydroxylation is 2. The number of carbonyl (C=O) groups is 1. The smallest absolute Gasteiger partial charge is 0.237 e. The average molecular weight is 378 g/mol. The van der Waals surface area contributed by atoms with Gasteiger partial charge in [0.05, 0.1) is 7.11 Å². The van der Waals surface area contributed by atoms with Gasteiger partial charge in [0.25, 0.3) is 0 Å². The molecule has 25 heavy (non-hydrogen) atoms. The third kappa shape index (κ3) is 4.18. The Hall–Kier alpha value is -1.52. The van der Waals surface area contributed by atoms with Gasteiger partial charge < -0.3 is 9.64 Å². The summed E-state index contributed by atoms with van der Waals surface area (Å²) in [4.78, 5) is 15.6. The molecule has 0 saturated heterocycles. The van der Waals surface area contributed by atoms with E-state index in [0.717, 1.165) is 31.6 Å². The molecule has 1 aliphatic carbocycles. The van der Waals surface area contributed by atoms with Crippen molar-refractivity contribution in [3.63, 3.8) is 0 Å². The van der Waals surface area contributed by atoms with E-state index in [2.05, 4.69) is 30.5 Å². The Morgan fingerprint density at radius 3 is 2.92 bits per heavy atom. The number of hydrogen-bond donors (Lipinski definition) is 0. The fraction of sp³-hybridized carbons (Fsp3) is 0.450. The van der Waals surface area contributed by atoms with Crippen molar-refractivity contribution in [2.45, 2.75) is 38.6 Å². The lowest BCUT2D eigenvalue weighted by Crippen LogP contribution is -2.36. The highest BCUT2D eigenvalue weighted by Gasteiger charge is 2.25. The van der Waals surface area contributed by atoms with Crippen LogP contribution >= 0.6 is 22.9 Å². The standard InChI is InChI=1S/C20H24ClNO2S/c1-14-16(8-9-25-14)12-22(20(23)11-21)13-17-5-3-4-15-10-18(24-2)6-7-19(15)17/h6-10,17H,3-5,11-13H2,1-2H3. The van der Waals surface area contributed by atoms with Crippen molar-refractivity contribution in [1.82, 2.24) is 4.90 Å². The van der Waals surface area contributed by atoms with E-state index in [0.29, 0.717) is 12.5 Å². The molecule has 0 saturated carbocycles. The lowest BCUT2D eigenvalue weighted by atomic mass is 9.82. The number of hydrogen-bond acceptors (Lipinski definition) is 3.